The Hall–Kier alpha value is -0.900. The molecule has 0 aliphatic carbocycles. The minimum Gasteiger partial charge on any atom is -0.396 e. The fraction of sp³-hybridized carbons (Fsp3) is 0.500. The summed E-state index contributed by atoms with van der Waals surface area (Å²) < 4.78 is 0. The van der Waals surface area contributed by atoms with E-state index in [0.29, 0.717) is 6.04 Å². The van der Waals surface area contributed by atoms with Crippen LogP contribution in [0.2, 0.25) is 0 Å². The number of nitrogens with two attached hydrogens (primary N) is 1. The first-order chi connectivity index (χ1) is 6.79. The lowest BCUT2D eigenvalue weighted by atomic mass is 10.2. The Morgan fingerprint density at radius 3 is 3.21 bits per heavy atom. The van der Waals surface area contributed by atoms with Crippen LogP contribution < -0.4 is 10.6 Å². The average Bonchev–Trinajstić information content (AvgIpc) is 2.20. The summed E-state index contributed by atoms with van der Waals surface area (Å²) in [7, 11) is 0. The zero-order valence-electron chi connectivity index (χ0n) is 8.31. The third-order valence-electron chi connectivity index (χ3n) is 2.46. The smallest absolute Gasteiger partial charge is 0.152 e. The highest BCUT2D eigenvalue weighted by Crippen LogP contribution is 2.26. The van der Waals surface area contributed by atoms with Gasteiger partial charge in [-0.05, 0) is 19.1 Å². The Morgan fingerprint density at radius 2 is 2.50 bits per heavy atom. The molecule has 0 radical (unpaired) electrons. The monoisotopic (exact) mass is 209 g/mol. The van der Waals surface area contributed by atoms with Crippen molar-refractivity contribution in [1.82, 2.24) is 4.98 Å². The van der Waals surface area contributed by atoms with Gasteiger partial charge in [0.25, 0.3) is 0 Å². The molecule has 1 aromatic rings. The van der Waals surface area contributed by atoms with Crippen LogP contribution in [0.5, 0.6) is 0 Å². The van der Waals surface area contributed by atoms with E-state index < -0.39 is 0 Å². The van der Waals surface area contributed by atoms with Crippen LogP contribution in [0.15, 0.2) is 18.3 Å². The molecular formula is C10H15N3S. The number of thioether (sulfide) groups is 1. The molecular weight excluding hydrogens is 194 g/mol. The summed E-state index contributed by atoms with van der Waals surface area (Å²) in [6.07, 6.45) is 1.81. The summed E-state index contributed by atoms with van der Waals surface area (Å²) in [5.74, 6) is 3.27. The van der Waals surface area contributed by atoms with E-state index in [9.17, 15) is 0 Å². The Morgan fingerprint density at radius 1 is 1.64 bits per heavy atom. The predicted octanol–water partition coefficient (Wildman–Crippen LogP) is 1.61. The average molecular weight is 209 g/mol. The van der Waals surface area contributed by atoms with Crippen LogP contribution in [0.25, 0.3) is 0 Å². The van der Waals surface area contributed by atoms with Crippen molar-refractivity contribution in [2.75, 3.05) is 28.7 Å². The highest BCUT2D eigenvalue weighted by atomic mass is 32.2. The number of hydrogen-bond acceptors (Lipinski definition) is 4. The topological polar surface area (TPSA) is 42.2 Å². The summed E-state index contributed by atoms with van der Waals surface area (Å²) >= 11 is 2.00. The predicted molar refractivity (Wildman–Crippen MR) is 62.8 cm³/mol. The molecule has 0 saturated carbocycles. The van der Waals surface area contributed by atoms with E-state index in [1.54, 1.807) is 6.20 Å². The van der Waals surface area contributed by atoms with Gasteiger partial charge in [0.05, 0.1) is 5.69 Å². The van der Waals surface area contributed by atoms with Gasteiger partial charge in [0.1, 0.15) is 0 Å². The lowest BCUT2D eigenvalue weighted by Crippen LogP contribution is -2.41. The molecule has 1 fully saturated rings. The van der Waals surface area contributed by atoms with Gasteiger partial charge >= 0.3 is 0 Å². The third-order valence-corrected chi connectivity index (χ3v) is 3.65. The molecule has 2 heterocycles. The molecule has 3 nitrogen and oxygen atoms in total. The van der Waals surface area contributed by atoms with Gasteiger partial charge in [-0.25, -0.2) is 4.98 Å². The molecule has 1 aromatic heterocycles. The van der Waals surface area contributed by atoms with Crippen molar-refractivity contribution in [3.63, 3.8) is 0 Å². The largest absolute Gasteiger partial charge is 0.396 e. The van der Waals surface area contributed by atoms with E-state index in [-0.39, 0.29) is 0 Å². The molecule has 0 aromatic carbocycles. The Labute approximate surface area is 88.7 Å². The van der Waals surface area contributed by atoms with Crippen LogP contribution in [0, 0.1) is 0 Å². The van der Waals surface area contributed by atoms with Crippen molar-refractivity contribution in [3.8, 4) is 0 Å². The second-order valence-electron chi connectivity index (χ2n) is 3.53. The van der Waals surface area contributed by atoms with Crippen LogP contribution in [-0.2, 0) is 0 Å². The van der Waals surface area contributed by atoms with E-state index in [1.807, 2.05) is 23.9 Å². The summed E-state index contributed by atoms with van der Waals surface area (Å²) in [6, 6.07) is 4.32. The first-order valence-corrected chi connectivity index (χ1v) is 5.99. The molecule has 76 valence electrons. The summed E-state index contributed by atoms with van der Waals surface area (Å²) in [5, 5.41) is 0. The maximum atomic E-state index is 5.90. The second-order valence-corrected chi connectivity index (χ2v) is 4.68. The molecule has 1 aliphatic rings. The standard InChI is InChI=1S/C10H15N3S/c1-8-7-14-6-5-13(8)10-9(11)3-2-4-12-10/h2-4,8H,5-7,11H2,1H3. The van der Waals surface area contributed by atoms with Crippen LogP contribution >= 0.6 is 11.8 Å². The van der Waals surface area contributed by atoms with Crippen molar-refractivity contribution in [2.45, 2.75) is 13.0 Å². The van der Waals surface area contributed by atoms with E-state index >= 15 is 0 Å². The lowest BCUT2D eigenvalue weighted by molar-refractivity contribution is 0.691. The van der Waals surface area contributed by atoms with Crippen molar-refractivity contribution >= 4 is 23.3 Å². The van der Waals surface area contributed by atoms with Crippen molar-refractivity contribution in [1.29, 1.82) is 0 Å². The van der Waals surface area contributed by atoms with Crippen LogP contribution in [0.1, 0.15) is 6.92 Å². The maximum Gasteiger partial charge on any atom is 0.152 e. The zero-order chi connectivity index (χ0) is 9.97. The minimum atomic E-state index is 0.533. The van der Waals surface area contributed by atoms with Crippen LogP contribution in [0.3, 0.4) is 0 Å². The number of aromatic nitrogens is 1. The minimum absolute atomic E-state index is 0.533. The van der Waals surface area contributed by atoms with Gasteiger partial charge < -0.3 is 10.6 Å². The zero-order valence-corrected chi connectivity index (χ0v) is 9.13. The molecule has 14 heavy (non-hydrogen) atoms. The normalized spacial score (nSPS) is 22.4. The number of hydrogen-bond donors (Lipinski definition) is 1. The molecule has 1 unspecified atom stereocenters. The molecule has 2 N–H and O–H groups in total. The number of nitrogens with zero attached hydrogens (tertiary/aromatic N) is 2. The van der Waals surface area contributed by atoms with E-state index in [1.165, 1.54) is 5.75 Å². The van der Waals surface area contributed by atoms with E-state index in [0.717, 1.165) is 23.8 Å². The summed E-state index contributed by atoms with van der Waals surface area (Å²) in [4.78, 5) is 6.64. The van der Waals surface area contributed by atoms with Gasteiger partial charge in [-0.2, -0.15) is 11.8 Å². The highest BCUT2D eigenvalue weighted by molar-refractivity contribution is 7.99. The lowest BCUT2D eigenvalue weighted by Gasteiger charge is -2.34. The molecule has 2 rings (SSSR count). The number of rotatable bonds is 1. The molecule has 0 amide bonds. The molecule has 0 spiro atoms. The first kappa shape index (κ1) is 9.65. The summed E-state index contributed by atoms with van der Waals surface area (Å²) in [6.45, 7) is 3.27. The van der Waals surface area contributed by atoms with Gasteiger partial charge in [0.15, 0.2) is 5.82 Å². The first-order valence-electron chi connectivity index (χ1n) is 4.84. The number of anilines is 2. The molecule has 1 aliphatic heterocycles. The molecule has 0 bridgehead atoms. The van der Waals surface area contributed by atoms with Gasteiger partial charge in [0, 0.05) is 30.3 Å². The molecule has 1 atom stereocenters. The van der Waals surface area contributed by atoms with Gasteiger partial charge in [-0.3, -0.25) is 0 Å². The van der Waals surface area contributed by atoms with Crippen LogP contribution in [0.4, 0.5) is 11.5 Å². The fourth-order valence-electron chi connectivity index (χ4n) is 1.69. The Kier molecular flexibility index (Phi) is 2.82. The number of nitrogen functional groups attached to an aromatic ring is 1. The van der Waals surface area contributed by atoms with Crippen LogP contribution in [-0.4, -0.2) is 29.1 Å². The van der Waals surface area contributed by atoms with Crippen molar-refractivity contribution in [3.05, 3.63) is 18.3 Å². The Balaban J connectivity index is 2.25. The van der Waals surface area contributed by atoms with Gasteiger partial charge in [-0.1, -0.05) is 0 Å². The van der Waals surface area contributed by atoms with Gasteiger partial charge in [0.2, 0.25) is 0 Å². The quantitative estimate of drug-likeness (QED) is 0.763. The van der Waals surface area contributed by atoms with Crippen molar-refractivity contribution < 1.29 is 0 Å². The van der Waals surface area contributed by atoms with E-state index in [4.69, 9.17) is 5.73 Å². The fourth-order valence-corrected chi connectivity index (χ4v) is 2.70. The van der Waals surface area contributed by atoms with Crippen molar-refractivity contribution in [2.24, 2.45) is 0 Å². The van der Waals surface area contributed by atoms with Gasteiger partial charge in [-0.15, -0.1) is 0 Å². The number of pyridine rings is 1. The SMILES string of the molecule is CC1CSCCN1c1ncccc1N. The molecule has 4 heteroatoms. The Bertz CT molecular complexity index is 316. The highest BCUT2D eigenvalue weighted by Gasteiger charge is 2.21. The molecule has 1 saturated heterocycles. The van der Waals surface area contributed by atoms with E-state index in [2.05, 4.69) is 16.8 Å². The third kappa shape index (κ3) is 1.80. The summed E-state index contributed by atoms with van der Waals surface area (Å²) in [5.41, 5.74) is 6.69. The second kappa shape index (κ2) is 4.09. The maximum absolute atomic E-state index is 5.90.